The zero-order chi connectivity index (χ0) is 14.5. The first-order valence-corrected chi connectivity index (χ1v) is 8.12. The Hall–Kier alpha value is -0.910. The Morgan fingerprint density at radius 2 is 1.84 bits per heavy atom. The topological polar surface area (TPSA) is 58.2 Å². The molecule has 0 bridgehead atoms. The zero-order valence-electron chi connectivity index (χ0n) is 12.2. The largest absolute Gasteiger partial charge is 0.316 e. The van der Waals surface area contributed by atoms with Crippen molar-refractivity contribution in [3.63, 3.8) is 0 Å². The molecule has 0 aromatic heterocycles. The first-order chi connectivity index (χ1) is 8.87. The molecular formula is C14H24N2O2S. The molecule has 0 amide bonds. The molecule has 0 aliphatic carbocycles. The molecule has 0 spiro atoms. The minimum absolute atomic E-state index is 0.327. The molecule has 2 N–H and O–H groups in total. The van der Waals surface area contributed by atoms with Gasteiger partial charge in [0.25, 0.3) is 0 Å². The quantitative estimate of drug-likeness (QED) is 0.807. The van der Waals surface area contributed by atoms with E-state index in [1.54, 1.807) is 18.2 Å². The van der Waals surface area contributed by atoms with Gasteiger partial charge in [-0.15, -0.1) is 0 Å². The Morgan fingerprint density at radius 3 is 2.37 bits per heavy atom. The van der Waals surface area contributed by atoms with E-state index in [4.69, 9.17) is 0 Å². The third-order valence-corrected chi connectivity index (χ3v) is 5.17. The van der Waals surface area contributed by atoms with Gasteiger partial charge in [-0.3, -0.25) is 0 Å². The fourth-order valence-electron chi connectivity index (χ4n) is 1.80. The van der Waals surface area contributed by atoms with Gasteiger partial charge in [0.1, 0.15) is 0 Å². The van der Waals surface area contributed by atoms with Crippen molar-refractivity contribution in [2.75, 3.05) is 7.05 Å². The summed E-state index contributed by atoms with van der Waals surface area (Å²) in [5, 5.41) is 3.02. The summed E-state index contributed by atoms with van der Waals surface area (Å²) in [5.74, 6) is 0. The second kappa shape index (κ2) is 6.50. The Labute approximate surface area is 116 Å². The van der Waals surface area contributed by atoms with E-state index < -0.39 is 15.6 Å². The molecule has 0 aliphatic rings. The van der Waals surface area contributed by atoms with E-state index in [0.29, 0.717) is 11.4 Å². The van der Waals surface area contributed by atoms with Crippen LogP contribution in [0.5, 0.6) is 0 Å². The molecule has 0 fully saturated rings. The van der Waals surface area contributed by atoms with Crippen LogP contribution >= 0.6 is 0 Å². The summed E-state index contributed by atoms with van der Waals surface area (Å²) < 4.78 is 27.6. The molecule has 0 saturated carbocycles. The zero-order valence-corrected chi connectivity index (χ0v) is 13.0. The summed E-state index contributed by atoms with van der Waals surface area (Å²) in [6.45, 7) is 6.57. The molecule has 1 aromatic carbocycles. The van der Waals surface area contributed by atoms with Crippen molar-refractivity contribution in [3.05, 3.63) is 29.8 Å². The summed E-state index contributed by atoms with van der Waals surface area (Å²) in [5.41, 5.74) is 0.567. The number of rotatable bonds is 7. The van der Waals surface area contributed by atoms with Gasteiger partial charge >= 0.3 is 0 Å². The van der Waals surface area contributed by atoms with Crippen LogP contribution in [-0.4, -0.2) is 21.0 Å². The number of sulfonamides is 1. The van der Waals surface area contributed by atoms with E-state index in [9.17, 15) is 8.42 Å². The summed E-state index contributed by atoms with van der Waals surface area (Å²) in [6, 6.07) is 7.03. The number of hydrogen-bond acceptors (Lipinski definition) is 3. The fraction of sp³-hybridized carbons (Fsp3) is 0.571. The lowest BCUT2D eigenvalue weighted by Crippen LogP contribution is -2.44. The molecule has 0 atom stereocenters. The van der Waals surface area contributed by atoms with Gasteiger partial charge in [0.05, 0.1) is 4.90 Å². The third-order valence-electron chi connectivity index (χ3n) is 3.53. The summed E-state index contributed by atoms with van der Waals surface area (Å²) in [6.07, 6.45) is 1.53. The van der Waals surface area contributed by atoms with E-state index in [1.165, 1.54) is 0 Å². The average Bonchev–Trinajstić information content (AvgIpc) is 2.39. The second-order valence-electron chi connectivity index (χ2n) is 5.05. The molecule has 0 saturated heterocycles. The highest BCUT2D eigenvalue weighted by Crippen LogP contribution is 2.19. The van der Waals surface area contributed by atoms with Gasteiger partial charge < -0.3 is 5.32 Å². The van der Waals surface area contributed by atoms with Crippen LogP contribution in [0.15, 0.2) is 29.2 Å². The number of benzene rings is 1. The Morgan fingerprint density at radius 1 is 1.21 bits per heavy atom. The van der Waals surface area contributed by atoms with E-state index in [1.807, 2.05) is 33.9 Å². The normalized spacial score (nSPS) is 12.6. The Kier molecular flexibility index (Phi) is 5.52. The Balaban J connectivity index is 3.03. The maximum absolute atomic E-state index is 12.4. The number of hydrogen-bond donors (Lipinski definition) is 2. The summed E-state index contributed by atoms with van der Waals surface area (Å²) >= 11 is 0. The molecule has 0 aliphatic heterocycles. The molecule has 0 unspecified atom stereocenters. The van der Waals surface area contributed by atoms with Crippen molar-refractivity contribution in [2.45, 2.75) is 50.6 Å². The second-order valence-corrected chi connectivity index (χ2v) is 6.73. The molecule has 0 radical (unpaired) electrons. The first-order valence-electron chi connectivity index (χ1n) is 6.64. The van der Waals surface area contributed by atoms with Crippen LogP contribution in [0.25, 0.3) is 0 Å². The molecule has 5 heteroatoms. The molecule has 0 heterocycles. The SMILES string of the molecule is CCC(C)(CC)NS(=O)(=O)c1cccc(CNC)c1. The van der Waals surface area contributed by atoms with Crippen LogP contribution in [-0.2, 0) is 16.6 Å². The summed E-state index contributed by atoms with van der Waals surface area (Å²) in [7, 11) is -1.62. The van der Waals surface area contributed by atoms with Gasteiger partial charge in [0.2, 0.25) is 10.0 Å². The van der Waals surface area contributed by atoms with Gasteiger partial charge in [-0.2, -0.15) is 0 Å². The van der Waals surface area contributed by atoms with Gasteiger partial charge in [0, 0.05) is 12.1 Å². The van der Waals surface area contributed by atoms with Crippen molar-refractivity contribution >= 4 is 10.0 Å². The van der Waals surface area contributed by atoms with Crippen LogP contribution < -0.4 is 10.0 Å². The van der Waals surface area contributed by atoms with E-state index in [-0.39, 0.29) is 0 Å². The highest BCUT2D eigenvalue weighted by Gasteiger charge is 2.27. The molecule has 1 rings (SSSR count). The minimum Gasteiger partial charge on any atom is -0.316 e. The third kappa shape index (κ3) is 4.30. The highest BCUT2D eigenvalue weighted by atomic mass is 32.2. The fourth-order valence-corrected chi connectivity index (χ4v) is 3.42. The van der Waals surface area contributed by atoms with Crippen LogP contribution in [0.4, 0.5) is 0 Å². The predicted octanol–water partition coefficient (Wildman–Crippen LogP) is 2.26. The monoisotopic (exact) mass is 284 g/mol. The van der Waals surface area contributed by atoms with Gasteiger partial charge in [-0.1, -0.05) is 26.0 Å². The molecule has 1 aromatic rings. The van der Waals surface area contributed by atoms with Crippen LogP contribution in [0.1, 0.15) is 39.2 Å². The molecule has 19 heavy (non-hydrogen) atoms. The smallest absolute Gasteiger partial charge is 0.241 e. The van der Waals surface area contributed by atoms with Crippen molar-refractivity contribution in [1.82, 2.24) is 10.0 Å². The van der Waals surface area contributed by atoms with Crippen LogP contribution in [0.3, 0.4) is 0 Å². The lowest BCUT2D eigenvalue weighted by molar-refractivity contribution is 0.388. The Bertz CT molecular complexity index is 508. The van der Waals surface area contributed by atoms with Crippen molar-refractivity contribution in [2.24, 2.45) is 0 Å². The molecule has 4 nitrogen and oxygen atoms in total. The van der Waals surface area contributed by atoms with Crippen molar-refractivity contribution in [3.8, 4) is 0 Å². The average molecular weight is 284 g/mol. The van der Waals surface area contributed by atoms with Gasteiger partial charge in [-0.05, 0) is 44.5 Å². The first kappa shape index (κ1) is 16.1. The predicted molar refractivity (Wildman–Crippen MR) is 78.5 cm³/mol. The summed E-state index contributed by atoms with van der Waals surface area (Å²) in [4.78, 5) is 0.327. The van der Waals surface area contributed by atoms with Gasteiger partial charge in [-0.25, -0.2) is 13.1 Å². The maximum atomic E-state index is 12.4. The lowest BCUT2D eigenvalue weighted by atomic mass is 9.98. The molecular weight excluding hydrogens is 260 g/mol. The van der Waals surface area contributed by atoms with E-state index in [2.05, 4.69) is 10.0 Å². The number of nitrogens with one attached hydrogen (secondary N) is 2. The standard InChI is InChI=1S/C14H24N2O2S/c1-5-14(3,6-2)16-19(17,18)13-9-7-8-12(10-13)11-15-4/h7-10,15-16H,5-6,11H2,1-4H3. The molecule has 108 valence electrons. The lowest BCUT2D eigenvalue weighted by Gasteiger charge is -2.27. The highest BCUT2D eigenvalue weighted by molar-refractivity contribution is 7.89. The van der Waals surface area contributed by atoms with Crippen LogP contribution in [0.2, 0.25) is 0 Å². The maximum Gasteiger partial charge on any atom is 0.241 e. The van der Waals surface area contributed by atoms with Crippen molar-refractivity contribution in [1.29, 1.82) is 0 Å². The van der Waals surface area contributed by atoms with E-state index in [0.717, 1.165) is 18.4 Å². The van der Waals surface area contributed by atoms with Crippen LogP contribution in [0, 0.1) is 0 Å². The van der Waals surface area contributed by atoms with Gasteiger partial charge in [0.15, 0.2) is 0 Å². The van der Waals surface area contributed by atoms with Crippen molar-refractivity contribution < 1.29 is 8.42 Å². The minimum atomic E-state index is -3.46. The van der Waals surface area contributed by atoms with E-state index >= 15 is 0 Å².